The van der Waals surface area contributed by atoms with Crippen LogP contribution in [0, 0.1) is 6.92 Å². The van der Waals surface area contributed by atoms with Gasteiger partial charge in [-0.3, -0.25) is 9.59 Å². The molecule has 0 radical (unpaired) electrons. The second-order valence-electron chi connectivity index (χ2n) is 8.37. The van der Waals surface area contributed by atoms with E-state index in [1.54, 1.807) is 32.9 Å². The summed E-state index contributed by atoms with van der Waals surface area (Å²) in [6.07, 6.45) is -0.0660. The standard InChI is InChI=1S/C24H31N3O4/c1-17-6-5-7-19(14-17)15-22(29)27-20-10-8-18(9-11-20)16-26-21(28)12-13-25-23(30)31-24(2,3)4/h5-11,14H,12-13,15-16H2,1-4H3,(H,25,30)(H,26,28)(H,27,29). The summed E-state index contributed by atoms with van der Waals surface area (Å²) in [4.78, 5) is 35.7. The molecule has 0 aliphatic rings. The van der Waals surface area contributed by atoms with Crippen LogP contribution in [0.15, 0.2) is 48.5 Å². The summed E-state index contributed by atoms with van der Waals surface area (Å²) >= 11 is 0. The summed E-state index contributed by atoms with van der Waals surface area (Å²) in [6, 6.07) is 15.2. The fraction of sp³-hybridized carbons (Fsp3) is 0.375. The lowest BCUT2D eigenvalue weighted by Crippen LogP contribution is -2.35. The Bertz CT molecular complexity index is 902. The highest BCUT2D eigenvalue weighted by molar-refractivity contribution is 5.92. The van der Waals surface area contributed by atoms with Crippen molar-refractivity contribution in [1.82, 2.24) is 10.6 Å². The molecular weight excluding hydrogens is 394 g/mol. The van der Waals surface area contributed by atoms with Gasteiger partial charge in [0, 0.05) is 25.2 Å². The van der Waals surface area contributed by atoms with Crippen LogP contribution in [-0.4, -0.2) is 30.1 Å². The number of carbonyl (C=O) groups is 3. The van der Waals surface area contributed by atoms with Gasteiger partial charge >= 0.3 is 6.09 Å². The number of hydrogen-bond acceptors (Lipinski definition) is 4. The Balaban J connectivity index is 1.70. The van der Waals surface area contributed by atoms with Gasteiger partial charge in [-0.05, 0) is 51.0 Å². The maximum Gasteiger partial charge on any atom is 0.407 e. The first-order valence-corrected chi connectivity index (χ1v) is 10.3. The van der Waals surface area contributed by atoms with Crippen molar-refractivity contribution in [2.45, 2.75) is 52.7 Å². The monoisotopic (exact) mass is 425 g/mol. The van der Waals surface area contributed by atoms with Crippen molar-refractivity contribution >= 4 is 23.6 Å². The molecule has 2 rings (SSSR count). The van der Waals surface area contributed by atoms with E-state index in [-0.39, 0.29) is 24.8 Å². The fourth-order valence-corrected chi connectivity index (χ4v) is 2.80. The molecule has 0 spiro atoms. The number of carbonyl (C=O) groups excluding carboxylic acids is 3. The first kappa shape index (κ1) is 23.9. The van der Waals surface area contributed by atoms with Gasteiger partial charge < -0.3 is 20.7 Å². The van der Waals surface area contributed by atoms with E-state index in [0.29, 0.717) is 18.7 Å². The Labute approximate surface area is 183 Å². The molecule has 7 nitrogen and oxygen atoms in total. The van der Waals surface area contributed by atoms with Crippen molar-refractivity contribution in [2.75, 3.05) is 11.9 Å². The maximum absolute atomic E-state index is 12.2. The van der Waals surface area contributed by atoms with Gasteiger partial charge in [0.25, 0.3) is 0 Å². The minimum absolute atomic E-state index is 0.0795. The van der Waals surface area contributed by atoms with Crippen molar-refractivity contribution in [3.63, 3.8) is 0 Å². The van der Waals surface area contributed by atoms with Gasteiger partial charge in [-0.25, -0.2) is 4.79 Å². The SMILES string of the molecule is Cc1cccc(CC(=O)Nc2ccc(CNC(=O)CCNC(=O)OC(C)(C)C)cc2)c1. The average molecular weight is 426 g/mol. The van der Waals surface area contributed by atoms with Crippen LogP contribution in [0.2, 0.25) is 0 Å². The highest BCUT2D eigenvalue weighted by Gasteiger charge is 2.15. The summed E-state index contributed by atoms with van der Waals surface area (Å²) in [5.41, 5.74) is 3.13. The van der Waals surface area contributed by atoms with E-state index in [9.17, 15) is 14.4 Å². The number of nitrogens with one attached hydrogen (secondary N) is 3. The van der Waals surface area contributed by atoms with E-state index in [1.807, 2.05) is 43.3 Å². The zero-order chi connectivity index (χ0) is 22.9. The number of anilines is 1. The molecule has 0 saturated carbocycles. The van der Waals surface area contributed by atoms with Gasteiger partial charge in [0.15, 0.2) is 0 Å². The highest BCUT2D eigenvalue weighted by atomic mass is 16.6. The van der Waals surface area contributed by atoms with Crippen molar-refractivity contribution in [1.29, 1.82) is 0 Å². The second-order valence-corrected chi connectivity index (χ2v) is 8.37. The summed E-state index contributed by atoms with van der Waals surface area (Å²) in [7, 11) is 0. The van der Waals surface area contributed by atoms with Crippen molar-refractivity contribution in [3.05, 3.63) is 65.2 Å². The Morgan fingerprint density at radius 3 is 2.26 bits per heavy atom. The molecule has 0 aromatic heterocycles. The minimum atomic E-state index is -0.571. The van der Waals surface area contributed by atoms with Crippen molar-refractivity contribution < 1.29 is 19.1 Å². The molecule has 0 unspecified atom stereocenters. The molecule has 0 aliphatic carbocycles. The minimum Gasteiger partial charge on any atom is -0.444 e. The molecule has 0 bridgehead atoms. The van der Waals surface area contributed by atoms with Gasteiger partial charge in [-0.2, -0.15) is 0 Å². The van der Waals surface area contributed by atoms with Gasteiger partial charge in [0.05, 0.1) is 6.42 Å². The molecular formula is C24H31N3O4. The molecule has 0 saturated heterocycles. The van der Waals surface area contributed by atoms with E-state index in [1.165, 1.54) is 0 Å². The zero-order valence-corrected chi connectivity index (χ0v) is 18.6. The molecule has 2 aromatic carbocycles. The van der Waals surface area contributed by atoms with Crippen LogP contribution in [0.1, 0.15) is 43.9 Å². The van der Waals surface area contributed by atoms with E-state index in [0.717, 1.165) is 16.7 Å². The number of rotatable bonds is 8. The number of alkyl carbamates (subject to hydrolysis) is 1. The Morgan fingerprint density at radius 1 is 0.903 bits per heavy atom. The van der Waals surface area contributed by atoms with Gasteiger partial charge in [0.1, 0.15) is 5.60 Å². The third kappa shape index (κ3) is 9.80. The van der Waals surface area contributed by atoms with E-state index < -0.39 is 11.7 Å². The van der Waals surface area contributed by atoms with Crippen LogP contribution in [0.4, 0.5) is 10.5 Å². The number of aryl methyl sites for hydroxylation is 1. The van der Waals surface area contributed by atoms with Crippen LogP contribution in [-0.2, 0) is 27.3 Å². The van der Waals surface area contributed by atoms with E-state index >= 15 is 0 Å². The van der Waals surface area contributed by atoms with Gasteiger partial charge in [-0.1, -0.05) is 42.0 Å². The Hall–Kier alpha value is -3.35. The lowest BCUT2D eigenvalue weighted by atomic mass is 10.1. The van der Waals surface area contributed by atoms with Gasteiger partial charge in [0.2, 0.25) is 11.8 Å². The topological polar surface area (TPSA) is 96.5 Å². The number of benzene rings is 2. The fourth-order valence-electron chi connectivity index (χ4n) is 2.80. The smallest absolute Gasteiger partial charge is 0.407 e. The highest BCUT2D eigenvalue weighted by Crippen LogP contribution is 2.11. The van der Waals surface area contributed by atoms with E-state index in [2.05, 4.69) is 16.0 Å². The summed E-state index contributed by atoms with van der Waals surface area (Å²) in [6.45, 7) is 7.90. The lowest BCUT2D eigenvalue weighted by Gasteiger charge is -2.19. The van der Waals surface area contributed by atoms with Crippen LogP contribution in [0.5, 0.6) is 0 Å². The number of hydrogen-bond donors (Lipinski definition) is 3. The zero-order valence-electron chi connectivity index (χ0n) is 18.6. The molecule has 0 heterocycles. The molecule has 0 fully saturated rings. The van der Waals surface area contributed by atoms with Crippen LogP contribution < -0.4 is 16.0 Å². The van der Waals surface area contributed by atoms with Crippen LogP contribution in [0.3, 0.4) is 0 Å². The number of amides is 3. The molecule has 0 atom stereocenters. The normalized spacial score (nSPS) is 10.8. The van der Waals surface area contributed by atoms with Gasteiger partial charge in [-0.15, -0.1) is 0 Å². The summed E-state index contributed by atoms with van der Waals surface area (Å²) < 4.78 is 5.11. The van der Waals surface area contributed by atoms with Crippen LogP contribution in [0.25, 0.3) is 0 Å². The molecule has 7 heteroatoms. The predicted molar refractivity (Wildman–Crippen MR) is 121 cm³/mol. The average Bonchev–Trinajstić information content (AvgIpc) is 2.66. The number of ether oxygens (including phenoxy) is 1. The first-order valence-electron chi connectivity index (χ1n) is 10.3. The summed E-state index contributed by atoms with van der Waals surface area (Å²) in [5.74, 6) is -0.254. The quantitative estimate of drug-likeness (QED) is 0.601. The van der Waals surface area contributed by atoms with Crippen LogP contribution >= 0.6 is 0 Å². The third-order valence-corrected chi connectivity index (χ3v) is 4.19. The maximum atomic E-state index is 12.2. The summed E-state index contributed by atoms with van der Waals surface area (Å²) in [5, 5.41) is 8.23. The largest absolute Gasteiger partial charge is 0.444 e. The molecule has 2 aromatic rings. The van der Waals surface area contributed by atoms with E-state index in [4.69, 9.17) is 4.74 Å². The molecule has 3 amide bonds. The first-order chi connectivity index (χ1) is 14.6. The third-order valence-electron chi connectivity index (χ3n) is 4.19. The Morgan fingerprint density at radius 2 is 1.61 bits per heavy atom. The van der Waals surface area contributed by atoms with Crippen molar-refractivity contribution in [2.24, 2.45) is 0 Å². The second kappa shape index (κ2) is 11.2. The molecule has 166 valence electrons. The molecule has 31 heavy (non-hydrogen) atoms. The predicted octanol–water partition coefficient (Wildman–Crippen LogP) is 3.71. The Kier molecular flexibility index (Phi) is 8.61. The molecule has 3 N–H and O–H groups in total. The van der Waals surface area contributed by atoms with Crippen molar-refractivity contribution in [3.8, 4) is 0 Å². The molecule has 0 aliphatic heterocycles. The lowest BCUT2D eigenvalue weighted by molar-refractivity contribution is -0.121.